The van der Waals surface area contributed by atoms with Crippen LogP contribution < -0.4 is 15.0 Å². The average Bonchev–Trinajstić information content (AvgIpc) is 2.81. The molecular formula is C24H32N4O4S. The molecule has 0 radical (unpaired) electrons. The van der Waals surface area contributed by atoms with Crippen molar-refractivity contribution in [3.8, 4) is 5.75 Å². The van der Waals surface area contributed by atoms with Crippen molar-refractivity contribution in [2.24, 2.45) is 5.92 Å². The number of hydrogen-bond acceptors (Lipinski definition) is 6. The summed E-state index contributed by atoms with van der Waals surface area (Å²) in [5.41, 5.74) is 0.870. The molecule has 1 aromatic heterocycles. The Morgan fingerprint density at radius 1 is 1.00 bits per heavy atom. The molecule has 0 unspecified atom stereocenters. The molecule has 8 nitrogen and oxygen atoms in total. The van der Waals surface area contributed by atoms with Crippen molar-refractivity contribution in [1.82, 2.24) is 14.4 Å². The van der Waals surface area contributed by atoms with Crippen LogP contribution in [0.1, 0.15) is 30.9 Å². The molecule has 2 saturated heterocycles. The van der Waals surface area contributed by atoms with E-state index in [2.05, 4.69) is 21.6 Å². The first-order valence-electron chi connectivity index (χ1n) is 11.7. The van der Waals surface area contributed by atoms with Gasteiger partial charge in [0.1, 0.15) is 11.4 Å². The van der Waals surface area contributed by atoms with E-state index in [-0.39, 0.29) is 16.1 Å². The highest BCUT2D eigenvalue weighted by Crippen LogP contribution is 2.37. The van der Waals surface area contributed by atoms with E-state index >= 15 is 0 Å². The number of nitrogens with one attached hydrogen (secondary N) is 1. The number of benzene rings is 1. The maximum absolute atomic E-state index is 13.3. The SMILES string of the molecule is COc1ccc(S(=O)(=O)Nc2ccc3n(c2=O)C[C@@H]2C[C@@H]3CN(C3CCN(C)CC3)C2)cc1. The fraction of sp³-hybridized carbons (Fsp3) is 0.542. The Morgan fingerprint density at radius 2 is 1.73 bits per heavy atom. The van der Waals surface area contributed by atoms with Crippen LogP contribution in [0.25, 0.3) is 0 Å². The Bertz CT molecular complexity index is 1170. The van der Waals surface area contributed by atoms with Crippen LogP contribution in [0.4, 0.5) is 5.69 Å². The second-order valence-electron chi connectivity index (χ2n) is 9.66. The van der Waals surface area contributed by atoms with E-state index in [1.165, 1.54) is 32.1 Å². The molecule has 2 atom stereocenters. The number of aromatic nitrogens is 1. The highest BCUT2D eigenvalue weighted by molar-refractivity contribution is 7.92. The van der Waals surface area contributed by atoms with Gasteiger partial charge in [0.25, 0.3) is 15.6 Å². The predicted octanol–water partition coefficient (Wildman–Crippen LogP) is 2.17. The molecule has 2 aromatic rings. The summed E-state index contributed by atoms with van der Waals surface area (Å²) in [7, 11) is -0.154. The molecule has 1 aromatic carbocycles. The van der Waals surface area contributed by atoms with Gasteiger partial charge in [0.15, 0.2) is 0 Å². The Kier molecular flexibility index (Phi) is 5.96. The average molecular weight is 473 g/mol. The first-order chi connectivity index (χ1) is 15.8. The number of ether oxygens (including phenoxy) is 1. The maximum Gasteiger partial charge on any atom is 0.275 e. The number of rotatable bonds is 5. The molecular weight excluding hydrogens is 440 g/mol. The van der Waals surface area contributed by atoms with Crippen LogP contribution in [0.5, 0.6) is 5.75 Å². The highest BCUT2D eigenvalue weighted by Gasteiger charge is 2.38. The van der Waals surface area contributed by atoms with Crippen LogP contribution in [-0.2, 0) is 16.6 Å². The summed E-state index contributed by atoms with van der Waals surface area (Å²) in [6.45, 7) is 4.92. The van der Waals surface area contributed by atoms with E-state index in [0.717, 1.165) is 38.3 Å². The van der Waals surface area contributed by atoms with Crippen molar-refractivity contribution in [3.63, 3.8) is 0 Å². The zero-order valence-electron chi connectivity index (χ0n) is 19.2. The summed E-state index contributed by atoms with van der Waals surface area (Å²) < 4.78 is 35.1. The second kappa shape index (κ2) is 8.77. The number of likely N-dealkylation sites (tertiary alicyclic amines) is 2. The monoisotopic (exact) mass is 472 g/mol. The lowest BCUT2D eigenvalue weighted by molar-refractivity contribution is 0.0517. The first kappa shape index (κ1) is 22.4. The van der Waals surface area contributed by atoms with Crippen molar-refractivity contribution in [3.05, 3.63) is 52.4 Å². The molecule has 33 heavy (non-hydrogen) atoms. The van der Waals surface area contributed by atoms with E-state index in [1.807, 2.05) is 6.07 Å². The van der Waals surface area contributed by atoms with Gasteiger partial charge in [-0.25, -0.2) is 8.42 Å². The van der Waals surface area contributed by atoms with Gasteiger partial charge in [-0.1, -0.05) is 0 Å². The number of methoxy groups -OCH3 is 1. The summed E-state index contributed by atoms with van der Waals surface area (Å²) in [6, 6.07) is 10.3. The van der Waals surface area contributed by atoms with Gasteiger partial charge in [0.05, 0.1) is 12.0 Å². The minimum absolute atomic E-state index is 0.0936. The largest absolute Gasteiger partial charge is 0.497 e. The molecule has 9 heteroatoms. The van der Waals surface area contributed by atoms with Crippen LogP contribution in [-0.4, -0.2) is 69.2 Å². The summed E-state index contributed by atoms with van der Waals surface area (Å²) in [4.78, 5) is 18.4. The topological polar surface area (TPSA) is 83.9 Å². The predicted molar refractivity (Wildman–Crippen MR) is 127 cm³/mol. The van der Waals surface area contributed by atoms with Gasteiger partial charge >= 0.3 is 0 Å². The van der Waals surface area contributed by atoms with Crippen LogP contribution in [0.3, 0.4) is 0 Å². The van der Waals surface area contributed by atoms with Gasteiger partial charge in [-0.15, -0.1) is 0 Å². The normalized spacial score (nSPS) is 24.3. The molecule has 0 amide bonds. The quantitative estimate of drug-likeness (QED) is 0.718. The van der Waals surface area contributed by atoms with Crippen LogP contribution in [0.15, 0.2) is 46.1 Å². The van der Waals surface area contributed by atoms with Crippen molar-refractivity contribution in [1.29, 1.82) is 0 Å². The standard InChI is InChI=1S/C24H32N4O4S/c1-26-11-9-19(10-12-26)27-14-17-13-18(16-27)23-8-7-22(24(29)28(23)15-17)25-33(30,31)21-5-3-20(32-2)4-6-21/h3-8,17-19,25H,9-16H2,1-2H3/t17-,18-/m1/s1. The Balaban J connectivity index is 1.36. The zero-order chi connectivity index (χ0) is 23.2. The van der Waals surface area contributed by atoms with Crippen molar-refractivity contribution < 1.29 is 13.2 Å². The molecule has 1 N–H and O–H groups in total. The van der Waals surface area contributed by atoms with Crippen molar-refractivity contribution >= 4 is 15.7 Å². The smallest absolute Gasteiger partial charge is 0.275 e. The molecule has 2 bridgehead atoms. The van der Waals surface area contributed by atoms with Gasteiger partial charge in [-0.2, -0.15) is 0 Å². The number of fused-ring (bicyclic) bond motifs is 4. The van der Waals surface area contributed by atoms with Crippen LogP contribution in [0, 0.1) is 5.92 Å². The number of piperidine rings is 2. The van der Waals surface area contributed by atoms with E-state index in [0.29, 0.717) is 30.2 Å². The minimum Gasteiger partial charge on any atom is -0.497 e. The lowest BCUT2D eigenvalue weighted by Crippen LogP contribution is -2.53. The van der Waals surface area contributed by atoms with Gasteiger partial charge < -0.3 is 14.2 Å². The molecule has 4 heterocycles. The Morgan fingerprint density at radius 3 is 2.42 bits per heavy atom. The summed E-state index contributed by atoms with van der Waals surface area (Å²) in [5.74, 6) is 1.31. The summed E-state index contributed by atoms with van der Waals surface area (Å²) in [6.07, 6.45) is 3.50. The molecule has 0 spiro atoms. The van der Waals surface area contributed by atoms with Gasteiger partial charge in [-0.3, -0.25) is 14.4 Å². The fourth-order valence-electron chi connectivity index (χ4n) is 5.68. The lowest BCUT2D eigenvalue weighted by Gasteiger charge is -2.47. The molecule has 0 saturated carbocycles. The zero-order valence-corrected chi connectivity index (χ0v) is 20.1. The molecule has 5 rings (SSSR count). The molecule has 2 fully saturated rings. The van der Waals surface area contributed by atoms with Crippen molar-refractivity contribution in [2.45, 2.75) is 42.7 Å². The number of hydrogen-bond donors (Lipinski definition) is 1. The third-order valence-electron chi connectivity index (χ3n) is 7.45. The van der Waals surface area contributed by atoms with Gasteiger partial charge in [-0.05, 0) is 81.7 Å². The molecule has 178 valence electrons. The van der Waals surface area contributed by atoms with Crippen LogP contribution >= 0.6 is 0 Å². The van der Waals surface area contributed by atoms with Gasteiger partial charge in [0, 0.05) is 37.3 Å². The van der Waals surface area contributed by atoms with E-state index in [9.17, 15) is 13.2 Å². The molecule has 3 aliphatic heterocycles. The summed E-state index contributed by atoms with van der Waals surface area (Å²) >= 11 is 0. The molecule has 0 aliphatic carbocycles. The van der Waals surface area contributed by atoms with Crippen LogP contribution in [0.2, 0.25) is 0 Å². The number of pyridine rings is 1. The second-order valence-corrected chi connectivity index (χ2v) is 11.3. The third kappa shape index (κ3) is 4.41. The maximum atomic E-state index is 13.3. The minimum atomic E-state index is -3.86. The van der Waals surface area contributed by atoms with E-state index < -0.39 is 10.0 Å². The Hall–Kier alpha value is -2.36. The molecule has 3 aliphatic rings. The van der Waals surface area contributed by atoms with Gasteiger partial charge in [0.2, 0.25) is 0 Å². The number of sulfonamides is 1. The summed E-state index contributed by atoms with van der Waals surface area (Å²) in [5, 5.41) is 0. The van der Waals surface area contributed by atoms with E-state index in [4.69, 9.17) is 4.74 Å². The number of anilines is 1. The van der Waals surface area contributed by atoms with Crippen molar-refractivity contribution in [2.75, 3.05) is 45.1 Å². The lowest BCUT2D eigenvalue weighted by atomic mass is 9.82. The highest BCUT2D eigenvalue weighted by atomic mass is 32.2. The fourth-order valence-corrected chi connectivity index (χ4v) is 6.73. The Labute approximate surface area is 195 Å². The third-order valence-corrected chi connectivity index (χ3v) is 8.83. The number of nitrogens with zero attached hydrogens (tertiary/aromatic N) is 3. The van der Waals surface area contributed by atoms with E-state index in [1.54, 1.807) is 22.8 Å². The first-order valence-corrected chi connectivity index (χ1v) is 13.2.